The van der Waals surface area contributed by atoms with Gasteiger partial charge >= 0.3 is 5.97 Å². The lowest BCUT2D eigenvalue weighted by Crippen LogP contribution is -2.53. The predicted octanol–water partition coefficient (Wildman–Crippen LogP) is 6.60. The van der Waals surface area contributed by atoms with Crippen LogP contribution < -0.4 is 20.3 Å². The molecule has 68 heavy (non-hydrogen) atoms. The summed E-state index contributed by atoms with van der Waals surface area (Å²) >= 11 is 0. The van der Waals surface area contributed by atoms with E-state index in [1.165, 1.54) is 0 Å². The summed E-state index contributed by atoms with van der Waals surface area (Å²) in [5.74, 6) is 4.02. The van der Waals surface area contributed by atoms with Gasteiger partial charge in [0, 0.05) is 35.7 Å². The molecule has 14 heteroatoms. The van der Waals surface area contributed by atoms with Gasteiger partial charge in [0.15, 0.2) is 0 Å². The Balaban J connectivity index is 1.11. The molecule has 4 aliphatic rings. The van der Waals surface area contributed by atoms with Gasteiger partial charge in [-0.2, -0.15) is 0 Å². The third kappa shape index (κ3) is 7.50. The summed E-state index contributed by atoms with van der Waals surface area (Å²) in [7, 11) is 0. The highest BCUT2D eigenvalue weighted by Gasteiger charge is 2.74. The van der Waals surface area contributed by atoms with Crippen molar-refractivity contribution in [3.8, 4) is 17.6 Å². The Morgan fingerprint density at radius 3 is 2.34 bits per heavy atom. The molecule has 0 bridgehead atoms. The average molecular weight is 906 g/mol. The van der Waals surface area contributed by atoms with Gasteiger partial charge in [0.2, 0.25) is 11.8 Å². The Bertz CT molecular complexity index is 3080. The van der Waals surface area contributed by atoms with Crippen molar-refractivity contribution < 1.29 is 33.7 Å². The molecule has 14 nitrogen and oxygen atoms in total. The standard InChI is InChI=1S/C54H47N7O7/c62-29-32-67-41-17-9-16-38(34-41)50-54(42-33-35(20-25-43(42)56-53(54)65)11-10-26-60-45-19-8-7-18-44(45)57-58-60)46(51(63)55-39-21-23-40(24-22-39)59-27-30-66-31-28-59)48-52(64)68-49(37-14-5-2-6-15-37)47(61(48)50)36-12-3-1-4-13-36/h1-9,12-25,33-34,46-50,62H,26-32H2,(H,55,63)(H,56,65). The third-order valence-corrected chi connectivity index (χ3v) is 13.5. The molecule has 2 amide bonds. The number of esters is 1. The lowest BCUT2D eigenvalue weighted by atomic mass is 9.65. The summed E-state index contributed by atoms with van der Waals surface area (Å²) in [6, 6.07) is 44.5. The minimum absolute atomic E-state index is 0.0335. The second-order valence-corrected chi connectivity index (χ2v) is 17.3. The average Bonchev–Trinajstić information content (AvgIpc) is 4.04. The molecule has 11 rings (SSSR count). The van der Waals surface area contributed by atoms with E-state index in [1.54, 1.807) is 10.7 Å². The number of benzene rings is 6. The van der Waals surface area contributed by atoms with Gasteiger partial charge in [0.05, 0.1) is 43.3 Å². The molecule has 6 atom stereocenters. The van der Waals surface area contributed by atoms with Gasteiger partial charge < -0.3 is 34.9 Å². The number of nitrogens with zero attached hydrogens (tertiary/aromatic N) is 5. The molecule has 6 aromatic carbocycles. The first kappa shape index (κ1) is 42.8. The highest BCUT2D eigenvalue weighted by atomic mass is 16.6. The maximum absolute atomic E-state index is 15.7. The van der Waals surface area contributed by atoms with E-state index in [2.05, 4.69) is 37.7 Å². The van der Waals surface area contributed by atoms with Crippen LogP contribution >= 0.6 is 0 Å². The topological polar surface area (TPSA) is 160 Å². The minimum Gasteiger partial charge on any atom is -0.491 e. The fourth-order valence-corrected chi connectivity index (χ4v) is 10.7. The normalized spacial score (nSPS) is 23.0. The smallest absolute Gasteiger partial charge is 0.324 e. The van der Waals surface area contributed by atoms with Gasteiger partial charge in [-0.05, 0) is 89.0 Å². The number of hydrogen-bond acceptors (Lipinski definition) is 11. The van der Waals surface area contributed by atoms with Gasteiger partial charge in [-0.25, -0.2) is 4.68 Å². The van der Waals surface area contributed by atoms with Crippen molar-refractivity contribution in [2.75, 3.05) is 55.1 Å². The number of cyclic esters (lactones) is 1. The van der Waals surface area contributed by atoms with E-state index in [4.69, 9.17) is 14.2 Å². The first-order chi connectivity index (χ1) is 33.4. The number of carbonyl (C=O) groups is 3. The summed E-state index contributed by atoms with van der Waals surface area (Å²) in [5.41, 5.74) is 5.13. The predicted molar refractivity (Wildman–Crippen MR) is 255 cm³/mol. The van der Waals surface area contributed by atoms with Crippen molar-refractivity contribution in [1.82, 2.24) is 19.9 Å². The largest absolute Gasteiger partial charge is 0.491 e. The van der Waals surface area contributed by atoms with Crippen LogP contribution in [0.25, 0.3) is 11.0 Å². The van der Waals surface area contributed by atoms with Crippen LogP contribution in [0, 0.1) is 17.8 Å². The fraction of sp³-hybridized carbons (Fsp3) is 0.241. The van der Waals surface area contributed by atoms with Crippen molar-refractivity contribution >= 4 is 45.9 Å². The summed E-state index contributed by atoms with van der Waals surface area (Å²) < 4.78 is 19.9. The Hall–Kier alpha value is -7.83. The number of fused-ring (bicyclic) bond motifs is 4. The number of para-hydroxylation sites is 1. The van der Waals surface area contributed by atoms with Crippen LogP contribution in [0.15, 0.2) is 152 Å². The van der Waals surface area contributed by atoms with Crippen LogP contribution in [0.5, 0.6) is 5.75 Å². The van der Waals surface area contributed by atoms with Crippen LogP contribution in [0.1, 0.15) is 46.0 Å². The van der Waals surface area contributed by atoms with Gasteiger partial charge in [0.25, 0.3) is 0 Å². The number of aliphatic hydroxyl groups excluding tert-OH is 1. The summed E-state index contributed by atoms with van der Waals surface area (Å²) in [5, 5.41) is 24.7. The molecule has 4 aliphatic heterocycles. The van der Waals surface area contributed by atoms with E-state index >= 15 is 14.4 Å². The molecule has 3 saturated heterocycles. The Morgan fingerprint density at radius 2 is 1.56 bits per heavy atom. The molecule has 7 aromatic rings. The Labute approximate surface area is 392 Å². The number of anilines is 3. The van der Waals surface area contributed by atoms with E-state index in [1.807, 2.05) is 150 Å². The van der Waals surface area contributed by atoms with Crippen molar-refractivity contribution in [3.63, 3.8) is 0 Å². The Morgan fingerprint density at radius 1 is 0.824 bits per heavy atom. The zero-order valence-electron chi connectivity index (χ0n) is 36.9. The molecule has 0 saturated carbocycles. The van der Waals surface area contributed by atoms with Crippen molar-refractivity contribution in [3.05, 3.63) is 179 Å². The molecule has 340 valence electrons. The highest BCUT2D eigenvalue weighted by molar-refractivity contribution is 6.13. The second kappa shape index (κ2) is 18.1. The number of aromatic nitrogens is 3. The van der Waals surface area contributed by atoms with E-state index in [0.717, 1.165) is 40.9 Å². The van der Waals surface area contributed by atoms with Crippen LogP contribution in [0.2, 0.25) is 0 Å². The molecular weight excluding hydrogens is 859 g/mol. The van der Waals surface area contributed by atoms with Crippen LogP contribution in [-0.4, -0.2) is 88.3 Å². The highest BCUT2D eigenvalue weighted by Crippen LogP contribution is 2.65. The van der Waals surface area contributed by atoms with Crippen molar-refractivity contribution in [1.29, 1.82) is 0 Å². The monoisotopic (exact) mass is 905 g/mol. The quantitative estimate of drug-likeness (QED) is 0.100. The first-order valence-electron chi connectivity index (χ1n) is 22.8. The number of nitrogens with one attached hydrogen (secondary N) is 2. The molecule has 3 fully saturated rings. The lowest BCUT2D eigenvalue weighted by Gasteiger charge is -2.46. The summed E-state index contributed by atoms with van der Waals surface area (Å²) in [6.45, 7) is 2.81. The van der Waals surface area contributed by atoms with E-state index < -0.39 is 53.3 Å². The van der Waals surface area contributed by atoms with Crippen molar-refractivity contribution in [2.24, 2.45) is 5.92 Å². The minimum atomic E-state index is -1.76. The van der Waals surface area contributed by atoms with Gasteiger partial charge in [-0.15, -0.1) is 5.10 Å². The molecule has 1 spiro atoms. The summed E-state index contributed by atoms with van der Waals surface area (Å²) in [6.07, 6.45) is -0.834. The molecular formula is C54H47N7O7. The maximum atomic E-state index is 15.7. The molecule has 0 radical (unpaired) electrons. The number of rotatable bonds is 10. The lowest BCUT2D eigenvalue weighted by molar-refractivity contribution is -0.177. The first-order valence-corrected chi connectivity index (χ1v) is 22.8. The fourth-order valence-electron chi connectivity index (χ4n) is 10.7. The summed E-state index contributed by atoms with van der Waals surface area (Å²) in [4.78, 5) is 51.0. The molecule has 5 heterocycles. The number of amides is 2. The van der Waals surface area contributed by atoms with Gasteiger partial charge in [-0.1, -0.05) is 102 Å². The number of hydrogen-bond donors (Lipinski definition) is 3. The van der Waals surface area contributed by atoms with Crippen LogP contribution in [-0.2, 0) is 35.8 Å². The maximum Gasteiger partial charge on any atom is 0.324 e. The van der Waals surface area contributed by atoms with Crippen molar-refractivity contribution in [2.45, 2.75) is 36.2 Å². The van der Waals surface area contributed by atoms with Crippen LogP contribution in [0.4, 0.5) is 17.1 Å². The Kier molecular flexibility index (Phi) is 11.4. The van der Waals surface area contributed by atoms with E-state index in [-0.39, 0.29) is 19.8 Å². The zero-order valence-corrected chi connectivity index (χ0v) is 36.9. The second-order valence-electron chi connectivity index (χ2n) is 17.3. The van der Waals surface area contributed by atoms with Gasteiger partial charge in [-0.3, -0.25) is 19.3 Å². The SMILES string of the molecule is O=C1OC(c2ccccc2)C(c2ccccc2)N2C1C(C(=O)Nc1ccc(N3CCOCC3)cc1)C1(C(=O)Nc3ccc(C#CCn4nnc5ccccc54)cc31)C2c1cccc(OCCO)c1. The number of aliphatic hydroxyl groups is 1. The molecule has 6 unspecified atom stereocenters. The van der Waals surface area contributed by atoms with Gasteiger partial charge in [0.1, 0.15) is 42.0 Å². The number of ether oxygens (including phenoxy) is 3. The molecule has 1 aromatic heterocycles. The van der Waals surface area contributed by atoms with Crippen LogP contribution in [0.3, 0.4) is 0 Å². The van der Waals surface area contributed by atoms with E-state index in [0.29, 0.717) is 47.0 Å². The molecule has 3 N–H and O–H groups in total. The van der Waals surface area contributed by atoms with E-state index in [9.17, 15) is 5.11 Å². The third-order valence-electron chi connectivity index (χ3n) is 13.5. The number of morpholine rings is 2. The number of carbonyl (C=O) groups excluding carboxylic acids is 3. The molecule has 0 aliphatic carbocycles. The zero-order chi connectivity index (χ0) is 46.2.